The van der Waals surface area contributed by atoms with Gasteiger partial charge in [-0.2, -0.15) is 0 Å². The molecule has 1 aliphatic rings. The quantitative estimate of drug-likeness (QED) is 0.764. The van der Waals surface area contributed by atoms with Crippen LogP contribution in [0.1, 0.15) is 39.5 Å². The molecule has 0 unspecified atom stereocenters. The summed E-state index contributed by atoms with van der Waals surface area (Å²) in [6.45, 7) is 4.28. The standard InChI is InChI=1S/C17H27ClN2O3S/c1-12(2)24(21,22)20-14-6-4-13(5-7-14)11-19-15-8-9-17(23-3)16(18)10-15/h8-10,12-14,19-20H,4-7,11H2,1-3H3. The van der Waals surface area contributed by atoms with Gasteiger partial charge in [0.1, 0.15) is 5.75 Å². The minimum Gasteiger partial charge on any atom is -0.495 e. The monoisotopic (exact) mass is 374 g/mol. The number of sulfonamides is 1. The number of rotatable bonds is 7. The van der Waals surface area contributed by atoms with Crippen LogP contribution < -0.4 is 14.8 Å². The highest BCUT2D eigenvalue weighted by Gasteiger charge is 2.26. The van der Waals surface area contributed by atoms with Crippen molar-refractivity contribution >= 4 is 27.3 Å². The Kier molecular flexibility index (Phi) is 6.78. The van der Waals surface area contributed by atoms with Crippen molar-refractivity contribution in [3.8, 4) is 5.75 Å². The molecule has 0 aromatic heterocycles. The lowest BCUT2D eigenvalue weighted by Crippen LogP contribution is -2.41. The van der Waals surface area contributed by atoms with Crippen LogP contribution in [0, 0.1) is 5.92 Å². The average molecular weight is 375 g/mol. The van der Waals surface area contributed by atoms with Gasteiger partial charge in [0.2, 0.25) is 10.0 Å². The molecule has 1 aliphatic carbocycles. The van der Waals surface area contributed by atoms with Crippen molar-refractivity contribution in [1.82, 2.24) is 4.72 Å². The molecule has 2 N–H and O–H groups in total. The molecule has 0 bridgehead atoms. The van der Waals surface area contributed by atoms with E-state index < -0.39 is 10.0 Å². The van der Waals surface area contributed by atoms with Crippen LogP contribution in [0.15, 0.2) is 18.2 Å². The van der Waals surface area contributed by atoms with E-state index in [4.69, 9.17) is 16.3 Å². The van der Waals surface area contributed by atoms with Crippen LogP contribution in [-0.2, 0) is 10.0 Å². The van der Waals surface area contributed by atoms with Crippen LogP contribution in [0.3, 0.4) is 0 Å². The van der Waals surface area contributed by atoms with Gasteiger partial charge in [-0.1, -0.05) is 11.6 Å². The number of anilines is 1. The Morgan fingerprint density at radius 3 is 2.46 bits per heavy atom. The molecule has 5 nitrogen and oxygen atoms in total. The van der Waals surface area contributed by atoms with E-state index in [1.54, 1.807) is 21.0 Å². The molecular formula is C17H27ClN2O3S. The molecule has 7 heteroatoms. The Labute approximate surface area is 150 Å². The van der Waals surface area contributed by atoms with Crippen LogP contribution in [0.25, 0.3) is 0 Å². The maximum atomic E-state index is 11.9. The molecule has 1 saturated carbocycles. The van der Waals surface area contributed by atoms with E-state index in [9.17, 15) is 8.42 Å². The van der Waals surface area contributed by atoms with E-state index in [2.05, 4.69) is 10.0 Å². The van der Waals surface area contributed by atoms with Crippen LogP contribution in [0.2, 0.25) is 5.02 Å². The lowest BCUT2D eigenvalue weighted by molar-refractivity contribution is 0.323. The second-order valence-corrected chi connectivity index (χ2v) is 9.34. The number of hydrogen-bond acceptors (Lipinski definition) is 4. The van der Waals surface area contributed by atoms with E-state index in [0.717, 1.165) is 37.9 Å². The van der Waals surface area contributed by atoms with E-state index in [1.165, 1.54) is 0 Å². The molecule has 24 heavy (non-hydrogen) atoms. The molecule has 2 rings (SSSR count). The van der Waals surface area contributed by atoms with Gasteiger partial charge in [0.15, 0.2) is 0 Å². The number of nitrogens with one attached hydrogen (secondary N) is 2. The maximum absolute atomic E-state index is 11.9. The Morgan fingerprint density at radius 2 is 1.92 bits per heavy atom. The predicted molar refractivity (Wildman–Crippen MR) is 99.4 cm³/mol. The summed E-state index contributed by atoms with van der Waals surface area (Å²) in [6, 6.07) is 5.74. The van der Waals surface area contributed by atoms with Crippen LogP contribution in [-0.4, -0.2) is 33.4 Å². The van der Waals surface area contributed by atoms with E-state index in [1.807, 2.05) is 18.2 Å². The summed E-state index contributed by atoms with van der Waals surface area (Å²) in [5, 5.41) is 3.62. The first-order chi connectivity index (χ1) is 11.3. The zero-order chi connectivity index (χ0) is 17.7. The molecule has 0 aliphatic heterocycles. The molecule has 1 aromatic rings. The largest absolute Gasteiger partial charge is 0.495 e. The van der Waals surface area contributed by atoms with Crippen molar-refractivity contribution in [3.05, 3.63) is 23.2 Å². The van der Waals surface area contributed by atoms with E-state index in [-0.39, 0.29) is 11.3 Å². The van der Waals surface area contributed by atoms with Gasteiger partial charge < -0.3 is 10.1 Å². The van der Waals surface area contributed by atoms with Crippen molar-refractivity contribution in [2.75, 3.05) is 19.0 Å². The second-order valence-electron chi connectivity index (χ2n) is 6.66. The minimum atomic E-state index is -3.17. The lowest BCUT2D eigenvalue weighted by Gasteiger charge is -2.29. The molecule has 1 aromatic carbocycles. The topological polar surface area (TPSA) is 67.4 Å². The summed E-state index contributed by atoms with van der Waals surface area (Å²) < 4.78 is 31.8. The minimum absolute atomic E-state index is 0.0732. The van der Waals surface area contributed by atoms with Crippen molar-refractivity contribution in [1.29, 1.82) is 0 Å². The molecule has 0 saturated heterocycles. The Bertz CT molecular complexity index is 641. The Morgan fingerprint density at radius 1 is 1.25 bits per heavy atom. The number of halogens is 1. The molecular weight excluding hydrogens is 348 g/mol. The predicted octanol–water partition coefficient (Wildman–Crippen LogP) is 3.65. The Balaban J connectivity index is 1.78. The van der Waals surface area contributed by atoms with Crippen molar-refractivity contribution in [2.24, 2.45) is 5.92 Å². The highest BCUT2D eigenvalue weighted by molar-refractivity contribution is 7.90. The summed E-state index contributed by atoms with van der Waals surface area (Å²) in [5.41, 5.74) is 0.975. The molecule has 1 fully saturated rings. The van der Waals surface area contributed by atoms with Gasteiger partial charge in [-0.15, -0.1) is 0 Å². The van der Waals surface area contributed by atoms with Crippen LogP contribution in [0.4, 0.5) is 5.69 Å². The highest BCUT2D eigenvalue weighted by atomic mass is 35.5. The molecule has 0 spiro atoms. The third-order valence-corrected chi connectivity index (χ3v) is 6.74. The van der Waals surface area contributed by atoms with Gasteiger partial charge in [0.25, 0.3) is 0 Å². The van der Waals surface area contributed by atoms with Crippen molar-refractivity contribution < 1.29 is 13.2 Å². The fourth-order valence-electron chi connectivity index (χ4n) is 2.89. The summed E-state index contributed by atoms with van der Waals surface area (Å²) in [5.74, 6) is 1.21. The van der Waals surface area contributed by atoms with Crippen LogP contribution in [0.5, 0.6) is 5.75 Å². The normalized spacial score (nSPS) is 21.7. The molecule has 0 heterocycles. The van der Waals surface area contributed by atoms with Gasteiger partial charge in [0.05, 0.1) is 17.4 Å². The number of hydrogen-bond donors (Lipinski definition) is 2. The maximum Gasteiger partial charge on any atom is 0.214 e. The SMILES string of the molecule is COc1ccc(NCC2CCC(NS(=O)(=O)C(C)C)CC2)cc1Cl. The first-order valence-corrected chi connectivity index (χ1v) is 10.3. The van der Waals surface area contributed by atoms with Gasteiger partial charge in [-0.3, -0.25) is 0 Å². The fourth-order valence-corrected chi connectivity index (χ4v) is 4.12. The third-order valence-electron chi connectivity index (χ3n) is 4.54. The molecule has 0 radical (unpaired) electrons. The molecule has 0 atom stereocenters. The summed E-state index contributed by atoms with van der Waals surface area (Å²) >= 11 is 6.13. The first kappa shape index (κ1) is 19.3. The van der Waals surface area contributed by atoms with Gasteiger partial charge >= 0.3 is 0 Å². The number of ether oxygens (including phenoxy) is 1. The highest BCUT2D eigenvalue weighted by Crippen LogP contribution is 2.29. The molecule has 136 valence electrons. The van der Waals surface area contributed by atoms with E-state index in [0.29, 0.717) is 16.7 Å². The smallest absolute Gasteiger partial charge is 0.214 e. The van der Waals surface area contributed by atoms with Gasteiger partial charge in [-0.05, 0) is 63.6 Å². The number of benzene rings is 1. The third kappa shape index (κ3) is 5.26. The van der Waals surface area contributed by atoms with Gasteiger partial charge in [-0.25, -0.2) is 13.1 Å². The summed E-state index contributed by atoms with van der Waals surface area (Å²) in [4.78, 5) is 0. The zero-order valence-corrected chi connectivity index (χ0v) is 16.1. The second kappa shape index (κ2) is 8.41. The zero-order valence-electron chi connectivity index (χ0n) is 14.5. The fraction of sp³-hybridized carbons (Fsp3) is 0.647. The summed E-state index contributed by atoms with van der Waals surface area (Å²) in [6.07, 6.45) is 3.81. The van der Waals surface area contributed by atoms with Crippen LogP contribution >= 0.6 is 11.6 Å². The molecule has 0 amide bonds. The van der Waals surface area contributed by atoms with E-state index >= 15 is 0 Å². The average Bonchev–Trinajstić information content (AvgIpc) is 2.54. The van der Waals surface area contributed by atoms with Crippen molar-refractivity contribution in [2.45, 2.75) is 50.8 Å². The number of methoxy groups -OCH3 is 1. The van der Waals surface area contributed by atoms with Gasteiger partial charge in [0, 0.05) is 18.3 Å². The lowest BCUT2D eigenvalue weighted by atomic mass is 9.86. The Hall–Kier alpha value is -0.980. The first-order valence-electron chi connectivity index (χ1n) is 8.40. The van der Waals surface area contributed by atoms with Crippen molar-refractivity contribution in [3.63, 3.8) is 0 Å². The summed E-state index contributed by atoms with van der Waals surface area (Å²) in [7, 11) is -1.58.